The molecule has 0 spiro atoms. The topological polar surface area (TPSA) is 29.5 Å². The van der Waals surface area contributed by atoms with Gasteiger partial charge in [0.2, 0.25) is 0 Å². The van der Waals surface area contributed by atoms with Crippen molar-refractivity contribution in [3.8, 4) is 5.75 Å². The molecular weight excluding hydrogens is 244 g/mol. The highest BCUT2D eigenvalue weighted by atomic mass is 32.2. The summed E-state index contributed by atoms with van der Waals surface area (Å²) in [4.78, 5) is 1.16. The van der Waals surface area contributed by atoms with Gasteiger partial charge in [0.1, 0.15) is 12.4 Å². The van der Waals surface area contributed by atoms with Crippen molar-refractivity contribution in [3.05, 3.63) is 60.7 Å². The van der Waals surface area contributed by atoms with Gasteiger partial charge in [-0.2, -0.15) is 0 Å². The van der Waals surface area contributed by atoms with Crippen molar-refractivity contribution in [1.29, 1.82) is 0 Å². The van der Waals surface area contributed by atoms with Gasteiger partial charge in [-0.1, -0.05) is 36.4 Å². The Hall–Kier alpha value is -1.45. The van der Waals surface area contributed by atoms with Crippen molar-refractivity contribution in [3.63, 3.8) is 0 Å². The van der Waals surface area contributed by atoms with Gasteiger partial charge >= 0.3 is 0 Å². The van der Waals surface area contributed by atoms with Gasteiger partial charge in [-0.25, -0.2) is 0 Å². The van der Waals surface area contributed by atoms with Crippen molar-refractivity contribution in [2.75, 3.05) is 12.4 Å². The maximum absolute atomic E-state index is 9.83. The van der Waals surface area contributed by atoms with Gasteiger partial charge in [0.15, 0.2) is 0 Å². The lowest BCUT2D eigenvalue weighted by Crippen LogP contribution is -2.19. The Bertz CT molecular complexity index is 401. The number of para-hydroxylation sites is 1. The number of aliphatic hydroxyl groups is 1. The summed E-state index contributed by atoms with van der Waals surface area (Å²) in [6, 6.07) is 19.6. The molecule has 94 valence electrons. The van der Waals surface area contributed by atoms with Crippen LogP contribution in [0.3, 0.4) is 0 Å². The molecule has 0 bridgehead atoms. The molecule has 0 saturated heterocycles. The molecule has 2 nitrogen and oxygen atoms in total. The van der Waals surface area contributed by atoms with Gasteiger partial charge in [-0.05, 0) is 24.3 Å². The van der Waals surface area contributed by atoms with Crippen LogP contribution < -0.4 is 4.74 Å². The minimum absolute atomic E-state index is 0.323. The molecule has 1 unspecified atom stereocenters. The second kappa shape index (κ2) is 7.09. The average Bonchev–Trinajstić information content (AvgIpc) is 2.45. The van der Waals surface area contributed by atoms with Crippen molar-refractivity contribution in [2.45, 2.75) is 11.0 Å². The van der Waals surface area contributed by atoms with E-state index >= 15 is 0 Å². The maximum Gasteiger partial charge on any atom is 0.119 e. The number of aliphatic hydroxyl groups excluding tert-OH is 1. The molecule has 0 saturated carbocycles. The summed E-state index contributed by atoms with van der Waals surface area (Å²) in [5, 5.41) is 9.83. The minimum atomic E-state index is -0.463. The van der Waals surface area contributed by atoms with Crippen LogP contribution in [0.15, 0.2) is 65.6 Å². The second-order valence-electron chi connectivity index (χ2n) is 3.90. The van der Waals surface area contributed by atoms with Crippen LogP contribution in [-0.4, -0.2) is 23.6 Å². The standard InChI is InChI=1S/C15H16O2S/c16-13(11-17-14-7-3-1-4-8-14)12-18-15-9-5-2-6-10-15/h1-10,13,16H,11-12H2. The van der Waals surface area contributed by atoms with Crippen LogP contribution in [0.5, 0.6) is 5.75 Å². The molecule has 0 amide bonds. The molecule has 3 heteroatoms. The van der Waals surface area contributed by atoms with Gasteiger partial charge < -0.3 is 9.84 Å². The molecule has 0 aliphatic carbocycles. The average molecular weight is 260 g/mol. The summed E-state index contributed by atoms with van der Waals surface area (Å²) >= 11 is 1.63. The summed E-state index contributed by atoms with van der Waals surface area (Å²) in [6.07, 6.45) is -0.463. The smallest absolute Gasteiger partial charge is 0.119 e. The lowest BCUT2D eigenvalue weighted by atomic mass is 10.3. The predicted molar refractivity (Wildman–Crippen MR) is 75.1 cm³/mol. The Kier molecular flexibility index (Phi) is 5.12. The predicted octanol–water partition coefficient (Wildman–Crippen LogP) is 3.22. The number of hydrogen-bond donors (Lipinski definition) is 1. The molecule has 0 radical (unpaired) electrons. The first-order valence-corrected chi connectivity index (χ1v) is 6.87. The van der Waals surface area contributed by atoms with Crippen LogP contribution in [0.4, 0.5) is 0 Å². The summed E-state index contributed by atoms with van der Waals surface area (Å²) < 4.78 is 5.49. The third kappa shape index (κ3) is 4.43. The number of benzene rings is 2. The van der Waals surface area contributed by atoms with E-state index in [1.54, 1.807) is 11.8 Å². The number of hydrogen-bond acceptors (Lipinski definition) is 3. The molecular formula is C15H16O2S. The van der Waals surface area contributed by atoms with Crippen molar-refractivity contribution < 1.29 is 9.84 Å². The number of thioether (sulfide) groups is 1. The summed E-state index contributed by atoms with van der Waals surface area (Å²) in [5.41, 5.74) is 0. The molecule has 1 atom stereocenters. The number of ether oxygens (including phenoxy) is 1. The van der Waals surface area contributed by atoms with E-state index in [2.05, 4.69) is 0 Å². The fourth-order valence-corrected chi connectivity index (χ4v) is 2.30. The van der Waals surface area contributed by atoms with E-state index in [4.69, 9.17) is 4.74 Å². The fourth-order valence-electron chi connectivity index (χ4n) is 1.47. The molecule has 0 heterocycles. The normalized spacial score (nSPS) is 12.1. The zero-order valence-corrected chi connectivity index (χ0v) is 10.8. The van der Waals surface area contributed by atoms with Gasteiger partial charge in [0.05, 0.1) is 6.10 Å². The largest absolute Gasteiger partial charge is 0.491 e. The Morgan fingerprint density at radius 3 is 2.22 bits per heavy atom. The highest BCUT2D eigenvalue weighted by Gasteiger charge is 2.06. The van der Waals surface area contributed by atoms with Gasteiger partial charge in [-0.3, -0.25) is 0 Å². The summed E-state index contributed by atoms with van der Waals surface area (Å²) in [5.74, 6) is 1.43. The molecule has 0 aliphatic heterocycles. The lowest BCUT2D eigenvalue weighted by Gasteiger charge is -2.11. The highest BCUT2D eigenvalue weighted by molar-refractivity contribution is 7.99. The quantitative estimate of drug-likeness (QED) is 0.809. The third-order valence-corrected chi connectivity index (χ3v) is 3.53. The first-order chi connectivity index (χ1) is 8.84. The Balaban J connectivity index is 1.71. The third-order valence-electron chi connectivity index (χ3n) is 2.37. The minimum Gasteiger partial charge on any atom is -0.491 e. The fraction of sp³-hybridized carbons (Fsp3) is 0.200. The first-order valence-electron chi connectivity index (χ1n) is 5.88. The molecule has 2 rings (SSSR count). The molecule has 1 N–H and O–H groups in total. The first kappa shape index (κ1) is 13.0. The summed E-state index contributed by atoms with van der Waals surface area (Å²) in [7, 11) is 0. The van der Waals surface area contributed by atoms with E-state index in [0.717, 1.165) is 10.6 Å². The molecule has 2 aromatic carbocycles. The van der Waals surface area contributed by atoms with Crippen LogP contribution in [0.25, 0.3) is 0 Å². The Labute approximate surface area is 112 Å². The van der Waals surface area contributed by atoms with Crippen LogP contribution in [0, 0.1) is 0 Å². The zero-order chi connectivity index (χ0) is 12.6. The van der Waals surface area contributed by atoms with Gasteiger partial charge in [0, 0.05) is 10.6 Å². The summed E-state index contributed by atoms with van der Waals surface area (Å²) in [6.45, 7) is 0.323. The second-order valence-corrected chi connectivity index (χ2v) is 5.00. The molecule has 18 heavy (non-hydrogen) atoms. The van der Waals surface area contributed by atoms with E-state index in [1.807, 2.05) is 60.7 Å². The Morgan fingerprint density at radius 2 is 1.56 bits per heavy atom. The van der Waals surface area contributed by atoms with Crippen LogP contribution in [-0.2, 0) is 0 Å². The molecule has 0 aliphatic rings. The number of rotatable bonds is 6. The van der Waals surface area contributed by atoms with E-state index in [0.29, 0.717) is 12.4 Å². The van der Waals surface area contributed by atoms with E-state index in [9.17, 15) is 5.11 Å². The van der Waals surface area contributed by atoms with Crippen molar-refractivity contribution in [1.82, 2.24) is 0 Å². The maximum atomic E-state index is 9.83. The van der Waals surface area contributed by atoms with Gasteiger partial charge in [-0.15, -0.1) is 11.8 Å². The molecule has 0 aromatic heterocycles. The van der Waals surface area contributed by atoms with Gasteiger partial charge in [0.25, 0.3) is 0 Å². The SMILES string of the molecule is OC(COc1ccccc1)CSc1ccccc1. The van der Waals surface area contributed by atoms with E-state index < -0.39 is 6.10 Å². The lowest BCUT2D eigenvalue weighted by molar-refractivity contribution is 0.126. The van der Waals surface area contributed by atoms with Crippen LogP contribution in [0.2, 0.25) is 0 Å². The molecule has 2 aromatic rings. The zero-order valence-electron chi connectivity index (χ0n) is 10.0. The monoisotopic (exact) mass is 260 g/mol. The Morgan fingerprint density at radius 1 is 0.944 bits per heavy atom. The van der Waals surface area contributed by atoms with Crippen LogP contribution in [0.1, 0.15) is 0 Å². The molecule has 0 fully saturated rings. The van der Waals surface area contributed by atoms with Crippen molar-refractivity contribution in [2.24, 2.45) is 0 Å². The van der Waals surface area contributed by atoms with Crippen LogP contribution >= 0.6 is 11.8 Å². The highest BCUT2D eigenvalue weighted by Crippen LogP contribution is 2.18. The van der Waals surface area contributed by atoms with E-state index in [-0.39, 0.29) is 0 Å². The van der Waals surface area contributed by atoms with E-state index in [1.165, 1.54) is 0 Å². The van der Waals surface area contributed by atoms with Crippen molar-refractivity contribution >= 4 is 11.8 Å².